The highest BCUT2D eigenvalue weighted by molar-refractivity contribution is 5.69. The topological polar surface area (TPSA) is 92.3 Å². The van der Waals surface area contributed by atoms with Gasteiger partial charge < -0.3 is 14.8 Å². The summed E-state index contributed by atoms with van der Waals surface area (Å²) in [5.41, 5.74) is 1.03. The van der Waals surface area contributed by atoms with E-state index in [0.29, 0.717) is 11.6 Å². The second kappa shape index (κ2) is 6.69. The van der Waals surface area contributed by atoms with Crippen LogP contribution in [0.4, 0.5) is 0 Å². The number of hydrogen-bond donors (Lipinski definition) is 2. The third-order valence-corrected chi connectivity index (χ3v) is 2.88. The molecule has 0 atom stereocenters. The van der Waals surface area contributed by atoms with Gasteiger partial charge in [-0.05, 0) is 24.1 Å². The van der Waals surface area contributed by atoms with Crippen molar-refractivity contribution in [2.75, 3.05) is 0 Å². The van der Waals surface area contributed by atoms with E-state index in [-0.39, 0.29) is 24.3 Å². The Morgan fingerprint density at radius 3 is 2.67 bits per heavy atom. The maximum atomic E-state index is 11.4. The first-order chi connectivity index (χ1) is 10.1. The molecule has 0 amide bonds. The van der Waals surface area contributed by atoms with Crippen LogP contribution in [0.25, 0.3) is 0 Å². The second-order valence-electron chi connectivity index (χ2n) is 4.54. The molecule has 6 heteroatoms. The predicted octanol–water partition coefficient (Wildman–Crippen LogP) is 1.54. The first-order valence-corrected chi connectivity index (χ1v) is 6.59. The van der Waals surface area contributed by atoms with Crippen molar-refractivity contribution in [1.29, 1.82) is 0 Å². The van der Waals surface area contributed by atoms with Gasteiger partial charge >= 0.3 is 5.97 Å². The van der Waals surface area contributed by atoms with Gasteiger partial charge in [-0.1, -0.05) is 19.1 Å². The molecule has 21 heavy (non-hydrogen) atoms. The molecular weight excluding hydrogens is 272 g/mol. The molecule has 110 valence electrons. The zero-order valence-electron chi connectivity index (χ0n) is 11.6. The molecule has 1 aromatic heterocycles. The minimum absolute atomic E-state index is 0.0776. The Morgan fingerprint density at radius 2 is 2.05 bits per heavy atom. The summed E-state index contributed by atoms with van der Waals surface area (Å²) in [6.07, 6.45) is 0.661. The van der Waals surface area contributed by atoms with E-state index in [9.17, 15) is 9.59 Å². The Bertz CT molecular complexity index is 677. The van der Waals surface area contributed by atoms with Gasteiger partial charge in [-0.15, -0.1) is 0 Å². The smallest absolute Gasteiger partial charge is 0.309 e. The number of carbonyl (C=O) groups is 1. The summed E-state index contributed by atoms with van der Waals surface area (Å²) >= 11 is 0. The summed E-state index contributed by atoms with van der Waals surface area (Å²) in [6, 6.07) is 8.79. The number of aromatic amines is 1. The average molecular weight is 288 g/mol. The van der Waals surface area contributed by atoms with Gasteiger partial charge in [-0.25, -0.2) is 4.98 Å². The van der Waals surface area contributed by atoms with Gasteiger partial charge in [0.05, 0.1) is 12.1 Å². The second-order valence-corrected chi connectivity index (χ2v) is 4.54. The minimum atomic E-state index is -1.03. The van der Waals surface area contributed by atoms with E-state index in [4.69, 9.17) is 9.84 Å². The third-order valence-electron chi connectivity index (χ3n) is 2.88. The van der Waals surface area contributed by atoms with Crippen molar-refractivity contribution in [3.63, 3.8) is 0 Å². The van der Waals surface area contributed by atoms with Crippen LogP contribution in [0.5, 0.6) is 5.75 Å². The number of benzene rings is 1. The molecule has 0 aliphatic rings. The fourth-order valence-electron chi connectivity index (χ4n) is 1.85. The predicted molar refractivity (Wildman–Crippen MR) is 76.3 cm³/mol. The molecule has 0 radical (unpaired) electrons. The molecule has 0 saturated heterocycles. The van der Waals surface area contributed by atoms with Crippen LogP contribution in [0.1, 0.15) is 24.0 Å². The Morgan fingerprint density at radius 1 is 1.33 bits per heavy atom. The number of aromatic nitrogens is 2. The summed E-state index contributed by atoms with van der Waals surface area (Å²) < 4.78 is 5.53. The van der Waals surface area contributed by atoms with E-state index < -0.39 is 5.97 Å². The molecule has 0 fully saturated rings. The molecule has 0 aliphatic heterocycles. The fourth-order valence-corrected chi connectivity index (χ4v) is 1.85. The summed E-state index contributed by atoms with van der Waals surface area (Å²) in [7, 11) is 0. The highest BCUT2D eigenvalue weighted by Crippen LogP contribution is 2.13. The molecule has 0 aliphatic carbocycles. The van der Waals surface area contributed by atoms with Crippen LogP contribution in [0.2, 0.25) is 0 Å². The number of carboxylic acids is 1. The van der Waals surface area contributed by atoms with Crippen LogP contribution < -0.4 is 10.3 Å². The normalized spacial score (nSPS) is 10.3. The van der Waals surface area contributed by atoms with Crippen molar-refractivity contribution in [3.8, 4) is 5.75 Å². The molecule has 0 spiro atoms. The SMILES string of the molecule is CCc1ccc(OCc2nc(CC(=O)O)cc(=O)[nH]2)cc1. The van der Waals surface area contributed by atoms with Crippen molar-refractivity contribution in [2.24, 2.45) is 0 Å². The zero-order chi connectivity index (χ0) is 15.2. The van der Waals surface area contributed by atoms with Crippen LogP contribution in [-0.2, 0) is 24.2 Å². The van der Waals surface area contributed by atoms with E-state index in [0.717, 1.165) is 6.42 Å². The van der Waals surface area contributed by atoms with Crippen LogP contribution in [0, 0.1) is 0 Å². The van der Waals surface area contributed by atoms with Crippen molar-refractivity contribution >= 4 is 5.97 Å². The lowest BCUT2D eigenvalue weighted by molar-refractivity contribution is -0.136. The number of H-pyrrole nitrogens is 1. The van der Waals surface area contributed by atoms with Gasteiger partial charge in [0.15, 0.2) is 0 Å². The Kier molecular flexibility index (Phi) is 4.71. The number of carboxylic acid groups (broad SMARTS) is 1. The highest BCUT2D eigenvalue weighted by atomic mass is 16.5. The van der Waals surface area contributed by atoms with Crippen LogP contribution >= 0.6 is 0 Å². The lowest BCUT2D eigenvalue weighted by atomic mass is 10.2. The van der Waals surface area contributed by atoms with Crippen molar-refractivity contribution < 1.29 is 14.6 Å². The summed E-state index contributed by atoms with van der Waals surface area (Å²) in [6.45, 7) is 2.15. The largest absolute Gasteiger partial charge is 0.486 e. The van der Waals surface area contributed by atoms with Gasteiger partial charge in [-0.3, -0.25) is 9.59 Å². The van der Waals surface area contributed by atoms with Crippen molar-refractivity contribution in [3.05, 3.63) is 57.8 Å². The molecule has 0 unspecified atom stereocenters. The molecular formula is C15H16N2O4. The molecule has 2 N–H and O–H groups in total. The Balaban J connectivity index is 2.06. The number of ether oxygens (including phenoxy) is 1. The lowest BCUT2D eigenvalue weighted by Crippen LogP contribution is -2.16. The lowest BCUT2D eigenvalue weighted by Gasteiger charge is -2.07. The fraction of sp³-hybridized carbons (Fsp3) is 0.267. The highest BCUT2D eigenvalue weighted by Gasteiger charge is 2.06. The average Bonchev–Trinajstić information content (AvgIpc) is 2.44. The molecule has 2 aromatic rings. The maximum Gasteiger partial charge on any atom is 0.309 e. The number of rotatable bonds is 6. The minimum Gasteiger partial charge on any atom is -0.486 e. The quantitative estimate of drug-likeness (QED) is 0.841. The van der Waals surface area contributed by atoms with E-state index in [2.05, 4.69) is 16.9 Å². The summed E-state index contributed by atoms with van der Waals surface area (Å²) in [5.74, 6) is -0.0630. The van der Waals surface area contributed by atoms with Crippen LogP contribution in [0.15, 0.2) is 35.1 Å². The Hall–Kier alpha value is -2.63. The van der Waals surface area contributed by atoms with Crippen molar-refractivity contribution in [2.45, 2.75) is 26.4 Å². The van der Waals surface area contributed by atoms with Gasteiger partial charge in [0, 0.05) is 6.07 Å². The van der Waals surface area contributed by atoms with Crippen molar-refractivity contribution in [1.82, 2.24) is 9.97 Å². The maximum absolute atomic E-state index is 11.4. The molecule has 0 saturated carbocycles. The summed E-state index contributed by atoms with van der Waals surface area (Å²) in [5, 5.41) is 8.72. The monoisotopic (exact) mass is 288 g/mol. The third kappa shape index (κ3) is 4.45. The number of nitrogens with one attached hydrogen (secondary N) is 1. The Labute approximate surface area is 121 Å². The van der Waals surface area contributed by atoms with Gasteiger partial charge in [0.25, 0.3) is 5.56 Å². The first-order valence-electron chi connectivity index (χ1n) is 6.59. The number of aryl methyl sites for hydroxylation is 1. The standard InChI is InChI=1S/C15H16N2O4/c1-2-10-3-5-12(6-4-10)21-9-13-16-11(8-15(19)20)7-14(18)17-13/h3-7H,2,8-9H2,1H3,(H,19,20)(H,16,17,18). The number of aliphatic carboxylic acids is 1. The zero-order valence-corrected chi connectivity index (χ0v) is 11.6. The van der Waals surface area contributed by atoms with Crippen LogP contribution in [-0.4, -0.2) is 21.0 Å². The van der Waals surface area contributed by atoms with E-state index in [1.54, 1.807) is 0 Å². The van der Waals surface area contributed by atoms with E-state index in [1.807, 2.05) is 24.3 Å². The summed E-state index contributed by atoms with van der Waals surface area (Å²) in [4.78, 5) is 28.7. The molecule has 2 rings (SSSR count). The molecule has 1 aromatic carbocycles. The molecule has 6 nitrogen and oxygen atoms in total. The van der Waals surface area contributed by atoms with Gasteiger partial charge in [0.1, 0.15) is 18.2 Å². The molecule has 0 bridgehead atoms. The van der Waals surface area contributed by atoms with Gasteiger partial charge in [0.2, 0.25) is 0 Å². The van der Waals surface area contributed by atoms with E-state index in [1.165, 1.54) is 11.6 Å². The van der Waals surface area contributed by atoms with E-state index >= 15 is 0 Å². The first kappa shape index (κ1) is 14.8. The van der Waals surface area contributed by atoms with Gasteiger partial charge in [-0.2, -0.15) is 0 Å². The molecule has 1 heterocycles. The number of hydrogen-bond acceptors (Lipinski definition) is 4. The number of nitrogens with zero attached hydrogens (tertiary/aromatic N) is 1. The van der Waals surface area contributed by atoms with Crippen LogP contribution in [0.3, 0.4) is 0 Å².